The number of carbonyl (C=O) groups is 1. The van der Waals surface area contributed by atoms with Gasteiger partial charge in [-0.15, -0.1) is 0 Å². The molecule has 130 valence electrons. The topological polar surface area (TPSA) is 83.7 Å². The van der Waals surface area contributed by atoms with E-state index in [4.69, 9.17) is 9.15 Å². The van der Waals surface area contributed by atoms with Crippen molar-refractivity contribution in [1.29, 1.82) is 0 Å². The molecular formula is C17H28N2O4. The highest BCUT2D eigenvalue weighted by Gasteiger charge is 2.36. The van der Waals surface area contributed by atoms with E-state index in [0.29, 0.717) is 18.3 Å². The molecule has 0 spiro atoms. The molecule has 1 heterocycles. The van der Waals surface area contributed by atoms with Gasteiger partial charge in [0.25, 0.3) is 0 Å². The van der Waals surface area contributed by atoms with E-state index < -0.39 is 5.54 Å². The van der Waals surface area contributed by atoms with Gasteiger partial charge in [-0.3, -0.25) is 0 Å². The summed E-state index contributed by atoms with van der Waals surface area (Å²) in [4.78, 5) is 12.4. The minimum absolute atomic E-state index is 0.0687. The zero-order chi connectivity index (χ0) is 16.7. The summed E-state index contributed by atoms with van der Waals surface area (Å²) in [6.45, 7) is 2.17. The number of ether oxygens (including phenoxy) is 1. The van der Waals surface area contributed by atoms with Crippen LogP contribution < -0.4 is 10.6 Å². The first-order chi connectivity index (χ1) is 11.1. The fraction of sp³-hybridized carbons (Fsp3) is 0.706. The molecule has 3 N–H and O–H groups in total. The third kappa shape index (κ3) is 4.72. The molecule has 1 aromatic rings. The van der Waals surface area contributed by atoms with Crippen LogP contribution in [0.1, 0.15) is 50.8 Å². The minimum Gasteiger partial charge on any atom is -0.467 e. The number of methoxy groups -OCH3 is 1. The Balaban J connectivity index is 1.97. The molecule has 0 saturated heterocycles. The van der Waals surface area contributed by atoms with Crippen molar-refractivity contribution >= 4 is 6.03 Å². The van der Waals surface area contributed by atoms with Gasteiger partial charge < -0.3 is 24.9 Å². The second-order valence-corrected chi connectivity index (χ2v) is 6.53. The summed E-state index contributed by atoms with van der Waals surface area (Å²) in [7, 11) is 1.58. The first-order valence-electron chi connectivity index (χ1n) is 8.31. The number of amides is 2. The van der Waals surface area contributed by atoms with Crippen LogP contribution in [0.3, 0.4) is 0 Å². The SMILES string of the molecule is COC[C@@H](NC(=O)N[C@@](C)(CO)C1CCCCC1)c1ccco1. The summed E-state index contributed by atoms with van der Waals surface area (Å²) in [5, 5.41) is 15.7. The molecule has 1 aliphatic rings. The standard InChI is InChI=1S/C17H28N2O4/c1-17(12-20,13-7-4-3-5-8-13)19-16(21)18-14(11-22-2)15-9-6-10-23-15/h6,9-10,13-14,20H,3-5,7-8,11-12H2,1-2H3,(H2,18,19,21)/t14-,17+/m1/s1. The summed E-state index contributed by atoms with van der Waals surface area (Å²) in [5.74, 6) is 0.946. The first kappa shape index (κ1) is 17.8. The van der Waals surface area contributed by atoms with Crippen molar-refractivity contribution in [3.63, 3.8) is 0 Å². The number of carbonyl (C=O) groups excluding carboxylic acids is 1. The molecule has 2 atom stereocenters. The Morgan fingerprint density at radius 1 is 1.48 bits per heavy atom. The Kier molecular flexibility index (Phi) is 6.47. The molecule has 2 rings (SSSR count). The van der Waals surface area contributed by atoms with Gasteiger partial charge in [-0.25, -0.2) is 4.79 Å². The molecule has 1 fully saturated rings. The highest BCUT2D eigenvalue weighted by Crippen LogP contribution is 2.32. The quantitative estimate of drug-likeness (QED) is 0.720. The smallest absolute Gasteiger partial charge is 0.315 e. The largest absolute Gasteiger partial charge is 0.467 e. The molecule has 0 aromatic carbocycles. The normalized spacial score (nSPS) is 19.8. The number of rotatable bonds is 7. The van der Waals surface area contributed by atoms with Crippen LogP contribution in [0.2, 0.25) is 0 Å². The Morgan fingerprint density at radius 3 is 2.78 bits per heavy atom. The number of aliphatic hydroxyl groups is 1. The van der Waals surface area contributed by atoms with Gasteiger partial charge in [0.2, 0.25) is 0 Å². The predicted octanol–water partition coefficient (Wildman–Crippen LogP) is 2.60. The molecule has 1 aliphatic carbocycles. The second kappa shape index (κ2) is 8.36. The zero-order valence-electron chi connectivity index (χ0n) is 14.0. The Morgan fingerprint density at radius 2 is 2.22 bits per heavy atom. The van der Waals surface area contributed by atoms with E-state index in [2.05, 4.69) is 10.6 Å². The average molecular weight is 324 g/mol. The number of hydrogen-bond acceptors (Lipinski definition) is 4. The molecule has 6 nitrogen and oxygen atoms in total. The summed E-state index contributed by atoms with van der Waals surface area (Å²) >= 11 is 0. The lowest BCUT2D eigenvalue weighted by Gasteiger charge is -2.39. The van der Waals surface area contributed by atoms with Crippen LogP contribution >= 0.6 is 0 Å². The maximum Gasteiger partial charge on any atom is 0.315 e. The Hall–Kier alpha value is -1.53. The highest BCUT2D eigenvalue weighted by molar-refractivity contribution is 5.75. The van der Waals surface area contributed by atoms with E-state index in [1.165, 1.54) is 6.42 Å². The van der Waals surface area contributed by atoms with Crippen molar-refractivity contribution in [2.24, 2.45) is 5.92 Å². The molecule has 0 unspecified atom stereocenters. The van der Waals surface area contributed by atoms with E-state index in [9.17, 15) is 9.90 Å². The maximum atomic E-state index is 12.4. The predicted molar refractivity (Wildman–Crippen MR) is 87.1 cm³/mol. The molecular weight excluding hydrogens is 296 g/mol. The fourth-order valence-electron chi connectivity index (χ4n) is 3.32. The second-order valence-electron chi connectivity index (χ2n) is 6.53. The lowest BCUT2D eigenvalue weighted by molar-refractivity contribution is 0.0982. The lowest BCUT2D eigenvalue weighted by atomic mass is 9.76. The lowest BCUT2D eigenvalue weighted by Crippen LogP contribution is -2.57. The van der Waals surface area contributed by atoms with Crippen molar-refractivity contribution in [3.05, 3.63) is 24.2 Å². The molecule has 1 aromatic heterocycles. The van der Waals surface area contributed by atoms with E-state index in [1.807, 2.05) is 6.92 Å². The van der Waals surface area contributed by atoms with Crippen molar-refractivity contribution < 1.29 is 19.1 Å². The number of aliphatic hydroxyl groups excluding tert-OH is 1. The van der Waals surface area contributed by atoms with Crippen LogP contribution in [0, 0.1) is 5.92 Å². The molecule has 1 saturated carbocycles. The minimum atomic E-state index is -0.606. The summed E-state index contributed by atoms with van der Waals surface area (Å²) in [6.07, 6.45) is 7.19. The fourth-order valence-corrected chi connectivity index (χ4v) is 3.32. The van der Waals surface area contributed by atoms with E-state index in [1.54, 1.807) is 25.5 Å². The van der Waals surface area contributed by atoms with Gasteiger partial charge in [0.15, 0.2) is 0 Å². The van der Waals surface area contributed by atoms with E-state index in [-0.39, 0.29) is 18.7 Å². The van der Waals surface area contributed by atoms with Crippen molar-refractivity contribution in [2.45, 2.75) is 50.6 Å². The Labute approximate surface area is 137 Å². The van der Waals surface area contributed by atoms with Crippen LogP contribution in [0.25, 0.3) is 0 Å². The van der Waals surface area contributed by atoms with Gasteiger partial charge >= 0.3 is 6.03 Å². The van der Waals surface area contributed by atoms with Crippen molar-refractivity contribution in [1.82, 2.24) is 10.6 Å². The molecule has 23 heavy (non-hydrogen) atoms. The first-order valence-corrected chi connectivity index (χ1v) is 8.31. The number of hydrogen-bond donors (Lipinski definition) is 3. The van der Waals surface area contributed by atoms with Crippen molar-refractivity contribution in [3.8, 4) is 0 Å². The van der Waals surface area contributed by atoms with Gasteiger partial charge in [-0.05, 0) is 37.8 Å². The molecule has 6 heteroatoms. The number of furan rings is 1. The van der Waals surface area contributed by atoms with Gasteiger partial charge in [-0.1, -0.05) is 19.3 Å². The number of nitrogens with one attached hydrogen (secondary N) is 2. The van der Waals surface area contributed by atoms with E-state index in [0.717, 1.165) is 25.7 Å². The van der Waals surface area contributed by atoms with Crippen LogP contribution in [0.15, 0.2) is 22.8 Å². The molecule has 0 radical (unpaired) electrons. The van der Waals surface area contributed by atoms with Gasteiger partial charge in [0.1, 0.15) is 11.8 Å². The summed E-state index contributed by atoms with van der Waals surface area (Å²) < 4.78 is 10.5. The van der Waals surface area contributed by atoms with Gasteiger partial charge in [-0.2, -0.15) is 0 Å². The third-order valence-corrected chi connectivity index (χ3v) is 4.76. The maximum absolute atomic E-state index is 12.4. The summed E-state index contributed by atoms with van der Waals surface area (Å²) in [5.41, 5.74) is -0.606. The molecule has 0 bridgehead atoms. The number of urea groups is 1. The van der Waals surface area contributed by atoms with Gasteiger partial charge in [0.05, 0.1) is 25.0 Å². The van der Waals surface area contributed by atoms with Gasteiger partial charge in [0, 0.05) is 7.11 Å². The third-order valence-electron chi connectivity index (χ3n) is 4.76. The average Bonchev–Trinajstić information content (AvgIpc) is 3.09. The summed E-state index contributed by atoms with van der Waals surface area (Å²) in [6, 6.07) is 2.91. The monoisotopic (exact) mass is 324 g/mol. The Bertz CT molecular complexity index is 471. The highest BCUT2D eigenvalue weighted by atomic mass is 16.5. The van der Waals surface area contributed by atoms with Crippen LogP contribution in [-0.4, -0.2) is 37.0 Å². The van der Waals surface area contributed by atoms with Crippen LogP contribution in [0.4, 0.5) is 4.79 Å². The molecule has 0 aliphatic heterocycles. The van der Waals surface area contributed by atoms with Crippen LogP contribution in [-0.2, 0) is 4.74 Å². The molecule has 2 amide bonds. The zero-order valence-corrected chi connectivity index (χ0v) is 14.0. The van der Waals surface area contributed by atoms with Crippen LogP contribution in [0.5, 0.6) is 0 Å². The van der Waals surface area contributed by atoms with Crippen molar-refractivity contribution in [2.75, 3.05) is 20.3 Å². The van der Waals surface area contributed by atoms with E-state index >= 15 is 0 Å².